The fourth-order valence-corrected chi connectivity index (χ4v) is 2.94. The number of thioether (sulfide) groups is 1. The van der Waals surface area contributed by atoms with Crippen LogP contribution in [0.4, 0.5) is 0 Å². The summed E-state index contributed by atoms with van der Waals surface area (Å²) in [6, 6.07) is 6.42. The molecule has 102 valence electrons. The van der Waals surface area contributed by atoms with Crippen molar-refractivity contribution in [3.63, 3.8) is 0 Å². The van der Waals surface area contributed by atoms with Gasteiger partial charge in [0.1, 0.15) is 5.82 Å². The fraction of sp³-hybridized carbons (Fsp3) is 0.429. The molecule has 0 aliphatic rings. The molecule has 0 radical (unpaired) electrons. The molecule has 1 heterocycles. The molecular weight excluding hydrogens is 256 g/mol. The van der Waals surface area contributed by atoms with E-state index in [-0.39, 0.29) is 6.04 Å². The van der Waals surface area contributed by atoms with Crippen LogP contribution in [0.2, 0.25) is 0 Å². The Morgan fingerprint density at radius 1 is 1.26 bits per heavy atom. The Labute approximate surface area is 118 Å². The van der Waals surface area contributed by atoms with Crippen LogP contribution in [0.1, 0.15) is 28.6 Å². The van der Waals surface area contributed by atoms with E-state index in [1.807, 2.05) is 18.5 Å². The van der Waals surface area contributed by atoms with Crippen LogP contribution < -0.4 is 5.73 Å². The highest BCUT2D eigenvalue weighted by Gasteiger charge is 2.12. The standard InChI is InChI=1S/C14H20N4S/c1-9-5-6-12(10(2)7-9)13(15)8-19-14-17-16-11(3)18(14)4/h5-7,13H,8,15H2,1-4H3. The molecule has 0 saturated heterocycles. The molecule has 1 atom stereocenters. The van der Waals surface area contributed by atoms with Crippen LogP contribution in [0, 0.1) is 20.8 Å². The Hall–Kier alpha value is -1.33. The summed E-state index contributed by atoms with van der Waals surface area (Å²) >= 11 is 1.65. The monoisotopic (exact) mass is 276 g/mol. The number of hydrogen-bond donors (Lipinski definition) is 1. The zero-order valence-electron chi connectivity index (χ0n) is 11.8. The number of rotatable bonds is 4. The van der Waals surface area contributed by atoms with Gasteiger partial charge < -0.3 is 10.3 Å². The predicted octanol–water partition coefficient (Wildman–Crippen LogP) is 2.53. The normalized spacial score (nSPS) is 12.7. The van der Waals surface area contributed by atoms with Crippen molar-refractivity contribution in [3.8, 4) is 0 Å². The zero-order valence-corrected chi connectivity index (χ0v) is 12.7. The van der Waals surface area contributed by atoms with Gasteiger partial charge in [0, 0.05) is 18.8 Å². The topological polar surface area (TPSA) is 56.7 Å². The highest BCUT2D eigenvalue weighted by Crippen LogP contribution is 2.24. The van der Waals surface area contributed by atoms with Crippen molar-refractivity contribution >= 4 is 11.8 Å². The molecule has 0 saturated carbocycles. The Morgan fingerprint density at radius 2 is 2.00 bits per heavy atom. The molecule has 5 heteroatoms. The van der Waals surface area contributed by atoms with E-state index in [1.54, 1.807) is 11.8 Å². The van der Waals surface area contributed by atoms with Crippen LogP contribution in [0.5, 0.6) is 0 Å². The molecule has 1 aromatic heterocycles. The molecule has 1 aromatic carbocycles. The van der Waals surface area contributed by atoms with E-state index in [0.29, 0.717) is 0 Å². The van der Waals surface area contributed by atoms with Crippen molar-refractivity contribution in [2.24, 2.45) is 12.8 Å². The molecule has 0 amide bonds. The fourth-order valence-electron chi connectivity index (χ4n) is 2.01. The van der Waals surface area contributed by atoms with Crippen LogP contribution in [-0.2, 0) is 7.05 Å². The largest absolute Gasteiger partial charge is 0.323 e. The first-order valence-corrected chi connectivity index (χ1v) is 7.29. The van der Waals surface area contributed by atoms with Gasteiger partial charge in [0.15, 0.2) is 5.16 Å². The number of nitrogens with two attached hydrogens (primary N) is 1. The number of hydrogen-bond acceptors (Lipinski definition) is 4. The number of aromatic nitrogens is 3. The molecule has 0 aliphatic heterocycles. The predicted molar refractivity (Wildman–Crippen MR) is 79.3 cm³/mol. The minimum Gasteiger partial charge on any atom is -0.323 e. The lowest BCUT2D eigenvalue weighted by Crippen LogP contribution is -2.15. The van der Waals surface area contributed by atoms with Crippen molar-refractivity contribution in [2.75, 3.05) is 5.75 Å². The van der Waals surface area contributed by atoms with Crippen LogP contribution in [0.3, 0.4) is 0 Å². The lowest BCUT2D eigenvalue weighted by atomic mass is 10.0. The average Bonchev–Trinajstić information content (AvgIpc) is 2.67. The smallest absolute Gasteiger partial charge is 0.191 e. The first-order chi connectivity index (χ1) is 8.99. The molecule has 2 N–H and O–H groups in total. The summed E-state index contributed by atoms with van der Waals surface area (Å²) in [4.78, 5) is 0. The Kier molecular flexibility index (Phi) is 4.27. The van der Waals surface area contributed by atoms with Crippen LogP contribution >= 0.6 is 11.8 Å². The molecule has 0 fully saturated rings. The Morgan fingerprint density at radius 3 is 2.58 bits per heavy atom. The summed E-state index contributed by atoms with van der Waals surface area (Å²) in [7, 11) is 1.97. The molecule has 19 heavy (non-hydrogen) atoms. The highest BCUT2D eigenvalue weighted by atomic mass is 32.2. The quantitative estimate of drug-likeness (QED) is 0.872. The third-order valence-electron chi connectivity index (χ3n) is 3.27. The van der Waals surface area contributed by atoms with Crippen LogP contribution in [-0.4, -0.2) is 20.5 Å². The second-order valence-corrected chi connectivity index (χ2v) is 5.85. The van der Waals surface area contributed by atoms with E-state index in [1.165, 1.54) is 16.7 Å². The molecular formula is C14H20N4S. The molecule has 2 rings (SSSR count). The SMILES string of the molecule is Cc1ccc(C(N)CSc2nnc(C)n2C)c(C)c1. The molecule has 0 aliphatic carbocycles. The van der Waals surface area contributed by atoms with Crippen LogP contribution in [0.25, 0.3) is 0 Å². The van der Waals surface area contributed by atoms with Gasteiger partial charge in [0.2, 0.25) is 0 Å². The molecule has 0 bridgehead atoms. The van der Waals surface area contributed by atoms with E-state index in [9.17, 15) is 0 Å². The Balaban J connectivity index is 2.05. The summed E-state index contributed by atoms with van der Waals surface area (Å²) in [5.74, 6) is 1.72. The van der Waals surface area contributed by atoms with Gasteiger partial charge in [-0.15, -0.1) is 10.2 Å². The maximum absolute atomic E-state index is 6.27. The molecule has 2 aromatic rings. The van der Waals surface area contributed by atoms with Gasteiger partial charge in [-0.1, -0.05) is 35.5 Å². The van der Waals surface area contributed by atoms with Crippen LogP contribution in [0.15, 0.2) is 23.4 Å². The van der Waals surface area contributed by atoms with Gasteiger partial charge in [-0.3, -0.25) is 0 Å². The number of aryl methyl sites for hydroxylation is 3. The first-order valence-electron chi connectivity index (χ1n) is 6.30. The lowest BCUT2D eigenvalue weighted by Gasteiger charge is -2.14. The van der Waals surface area contributed by atoms with Gasteiger partial charge in [-0.2, -0.15) is 0 Å². The van der Waals surface area contributed by atoms with Crippen molar-refractivity contribution in [3.05, 3.63) is 40.7 Å². The Bertz CT molecular complexity index is 577. The second kappa shape index (κ2) is 5.75. The van der Waals surface area contributed by atoms with Crippen molar-refractivity contribution in [1.82, 2.24) is 14.8 Å². The number of benzene rings is 1. The summed E-state index contributed by atoms with van der Waals surface area (Å²) in [5.41, 5.74) is 10.00. The summed E-state index contributed by atoms with van der Waals surface area (Å²) in [6.07, 6.45) is 0. The minimum absolute atomic E-state index is 0.0163. The van der Waals surface area contributed by atoms with Crippen molar-refractivity contribution < 1.29 is 0 Å². The van der Waals surface area contributed by atoms with E-state index < -0.39 is 0 Å². The third kappa shape index (κ3) is 3.16. The maximum atomic E-state index is 6.27. The second-order valence-electron chi connectivity index (χ2n) is 4.87. The van der Waals surface area contributed by atoms with Crippen molar-refractivity contribution in [1.29, 1.82) is 0 Å². The van der Waals surface area contributed by atoms with E-state index in [2.05, 4.69) is 42.2 Å². The van der Waals surface area contributed by atoms with Gasteiger partial charge >= 0.3 is 0 Å². The third-order valence-corrected chi connectivity index (χ3v) is 4.41. The van der Waals surface area contributed by atoms with Gasteiger partial charge in [0.05, 0.1) is 0 Å². The lowest BCUT2D eigenvalue weighted by molar-refractivity contribution is 0.758. The summed E-state index contributed by atoms with van der Waals surface area (Å²) < 4.78 is 1.99. The summed E-state index contributed by atoms with van der Waals surface area (Å²) in [6.45, 7) is 6.15. The number of nitrogens with zero attached hydrogens (tertiary/aromatic N) is 3. The molecule has 1 unspecified atom stereocenters. The van der Waals surface area contributed by atoms with Gasteiger partial charge in [0.25, 0.3) is 0 Å². The molecule has 4 nitrogen and oxygen atoms in total. The molecule has 0 spiro atoms. The maximum Gasteiger partial charge on any atom is 0.191 e. The highest BCUT2D eigenvalue weighted by molar-refractivity contribution is 7.99. The zero-order chi connectivity index (χ0) is 14.0. The van der Waals surface area contributed by atoms with Gasteiger partial charge in [-0.05, 0) is 31.9 Å². The first kappa shape index (κ1) is 14.1. The van der Waals surface area contributed by atoms with E-state index >= 15 is 0 Å². The minimum atomic E-state index is 0.0163. The summed E-state index contributed by atoms with van der Waals surface area (Å²) in [5, 5.41) is 9.10. The van der Waals surface area contributed by atoms with Gasteiger partial charge in [-0.25, -0.2) is 0 Å². The average molecular weight is 276 g/mol. The van der Waals surface area contributed by atoms with E-state index in [0.717, 1.165) is 16.7 Å². The van der Waals surface area contributed by atoms with Crippen molar-refractivity contribution in [2.45, 2.75) is 32.0 Å². The van der Waals surface area contributed by atoms with E-state index in [4.69, 9.17) is 5.73 Å².